The SMILES string of the molecule is O=C(O)Cc1nscc1Br. The minimum Gasteiger partial charge on any atom is -0.481 e. The first-order valence-corrected chi connectivity index (χ1v) is 4.13. The maximum absolute atomic E-state index is 10.2. The molecular weight excluding hydrogens is 218 g/mol. The minimum atomic E-state index is -0.855. The molecule has 1 rings (SSSR count). The molecule has 54 valence electrons. The van der Waals surface area contributed by atoms with Gasteiger partial charge >= 0.3 is 5.97 Å². The number of nitrogens with zero attached hydrogens (tertiary/aromatic N) is 1. The third-order valence-electron chi connectivity index (χ3n) is 0.913. The highest BCUT2D eigenvalue weighted by atomic mass is 79.9. The van der Waals surface area contributed by atoms with Crippen LogP contribution in [0.2, 0.25) is 0 Å². The molecular formula is C5H4BrNO2S. The van der Waals surface area contributed by atoms with Gasteiger partial charge in [0.05, 0.1) is 16.6 Å². The van der Waals surface area contributed by atoms with Crippen molar-refractivity contribution in [1.82, 2.24) is 4.37 Å². The van der Waals surface area contributed by atoms with Crippen LogP contribution in [0.25, 0.3) is 0 Å². The highest BCUT2D eigenvalue weighted by Crippen LogP contribution is 2.17. The number of halogens is 1. The van der Waals surface area contributed by atoms with Crippen molar-refractivity contribution in [2.75, 3.05) is 0 Å². The lowest BCUT2D eigenvalue weighted by atomic mass is 10.3. The van der Waals surface area contributed by atoms with Gasteiger partial charge in [0.1, 0.15) is 0 Å². The third kappa shape index (κ3) is 1.78. The van der Waals surface area contributed by atoms with E-state index < -0.39 is 5.97 Å². The van der Waals surface area contributed by atoms with E-state index in [1.165, 1.54) is 11.5 Å². The number of hydrogen-bond donors (Lipinski definition) is 1. The predicted molar refractivity (Wildman–Crippen MR) is 41.2 cm³/mol. The molecule has 1 aromatic heterocycles. The van der Waals surface area contributed by atoms with Gasteiger partial charge in [0.15, 0.2) is 0 Å². The Kier molecular flexibility index (Phi) is 2.39. The smallest absolute Gasteiger partial charge is 0.309 e. The van der Waals surface area contributed by atoms with Crippen LogP contribution in [0, 0.1) is 0 Å². The Morgan fingerprint density at radius 3 is 3.00 bits per heavy atom. The Labute approximate surface area is 70.0 Å². The Balaban J connectivity index is 2.74. The van der Waals surface area contributed by atoms with Crippen LogP contribution < -0.4 is 0 Å². The first-order valence-electron chi connectivity index (χ1n) is 2.50. The molecule has 0 saturated carbocycles. The second kappa shape index (κ2) is 3.12. The summed E-state index contributed by atoms with van der Waals surface area (Å²) in [7, 11) is 0. The van der Waals surface area contributed by atoms with E-state index in [1.54, 1.807) is 5.38 Å². The second-order valence-electron chi connectivity index (χ2n) is 1.68. The van der Waals surface area contributed by atoms with Crippen molar-refractivity contribution in [2.24, 2.45) is 0 Å². The molecule has 3 nitrogen and oxygen atoms in total. The van der Waals surface area contributed by atoms with Crippen molar-refractivity contribution in [3.8, 4) is 0 Å². The molecule has 0 aromatic carbocycles. The molecule has 0 bridgehead atoms. The molecule has 0 atom stereocenters. The maximum Gasteiger partial charge on any atom is 0.309 e. The fraction of sp³-hybridized carbons (Fsp3) is 0.200. The van der Waals surface area contributed by atoms with Crippen molar-refractivity contribution in [3.63, 3.8) is 0 Å². The summed E-state index contributed by atoms with van der Waals surface area (Å²) in [6.07, 6.45) is -0.00984. The van der Waals surface area contributed by atoms with Crippen LogP contribution >= 0.6 is 27.5 Å². The number of hydrogen-bond acceptors (Lipinski definition) is 3. The molecule has 0 spiro atoms. The topological polar surface area (TPSA) is 50.2 Å². The van der Waals surface area contributed by atoms with Gasteiger partial charge in [0.25, 0.3) is 0 Å². The number of carboxylic acid groups (broad SMARTS) is 1. The van der Waals surface area contributed by atoms with E-state index in [0.29, 0.717) is 5.69 Å². The lowest BCUT2D eigenvalue weighted by molar-refractivity contribution is -0.136. The maximum atomic E-state index is 10.2. The molecule has 1 N–H and O–H groups in total. The standard InChI is InChI=1S/C5H4BrNO2S/c6-3-2-10-7-4(3)1-5(8)9/h2H,1H2,(H,8,9). The molecule has 0 fully saturated rings. The van der Waals surface area contributed by atoms with Gasteiger partial charge in [-0.15, -0.1) is 0 Å². The lowest BCUT2D eigenvalue weighted by Gasteiger charge is -1.88. The Morgan fingerprint density at radius 1 is 1.90 bits per heavy atom. The van der Waals surface area contributed by atoms with Crippen molar-refractivity contribution < 1.29 is 9.90 Å². The summed E-state index contributed by atoms with van der Waals surface area (Å²) in [5, 5.41) is 10.1. The van der Waals surface area contributed by atoms with E-state index in [4.69, 9.17) is 5.11 Å². The average molecular weight is 222 g/mol. The van der Waals surface area contributed by atoms with E-state index >= 15 is 0 Å². The molecule has 0 aliphatic rings. The van der Waals surface area contributed by atoms with Gasteiger partial charge in [0, 0.05) is 5.38 Å². The zero-order chi connectivity index (χ0) is 7.56. The molecule has 0 unspecified atom stereocenters. The minimum absolute atomic E-state index is 0.00984. The molecule has 0 radical (unpaired) electrons. The van der Waals surface area contributed by atoms with Crippen molar-refractivity contribution >= 4 is 33.4 Å². The number of rotatable bonds is 2. The van der Waals surface area contributed by atoms with Crippen LogP contribution in [-0.2, 0) is 11.2 Å². The van der Waals surface area contributed by atoms with Gasteiger partial charge in [-0.1, -0.05) is 0 Å². The summed E-state index contributed by atoms with van der Waals surface area (Å²) in [4.78, 5) is 10.2. The number of carbonyl (C=O) groups is 1. The fourth-order valence-corrected chi connectivity index (χ4v) is 1.68. The van der Waals surface area contributed by atoms with Crippen LogP contribution in [0.1, 0.15) is 5.69 Å². The molecule has 0 saturated heterocycles. The Hall–Kier alpha value is -0.420. The normalized spacial score (nSPS) is 9.70. The predicted octanol–water partition coefficient (Wildman–Crippen LogP) is 1.53. The van der Waals surface area contributed by atoms with Gasteiger partial charge in [-0.05, 0) is 27.5 Å². The number of carboxylic acids is 1. The third-order valence-corrected chi connectivity index (χ3v) is 2.57. The first-order chi connectivity index (χ1) is 4.70. The van der Waals surface area contributed by atoms with E-state index in [1.807, 2.05) is 0 Å². The zero-order valence-electron chi connectivity index (χ0n) is 4.87. The van der Waals surface area contributed by atoms with E-state index in [0.717, 1.165) is 4.47 Å². The quantitative estimate of drug-likeness (QED) is 0.825. The first kappa shape index (κ1) is 7.68. The van der Waals surface area contributed by atoms with Gasteiger partial charge in [-0.3, -0.25) is 4.79 Å². The van der Waals surface area contributed by atoms with Crippen molar-refractivity contribution in [2.45, 2.75) is 6.42 Å². The van der Waals surface area contributed by atoms with Gasteiger partial charge in [-0.25, -0.2) is 0 Å². The van der Waals surface area contributed by atoms with Crippen molar-refractivity contribution in [1.29, 1.82) is 0 Å². The average Bonchev–Trinajstić information content (AvgIpc) is 2.15. The summed E-state index contributed by atoms with van der Waals surface area (Å²) in [6.45, 7) is 0. The van der Waals surface area contributed by atoms with E-state index in [2.05, 4.69) is 20.3 Å². The van der Waals surface area contributed by atoms with E-state index in [9.17, 15) is 4.79 Å². The van der Waals surface area contributed by atoms with Crippen LogP contribution in [0.4, 0.5) is 0 Å². The van der Waals surface area contributed by atoms with Gasteiger partial charge in [0.2, 0.25) is 0 Å². The van der Waals surface area contributed by atoms with Crippen LogP contribution in [0.5, 0.6) is 0 Å². The molecule has 0 aliphatic carbocycles. The summed E-state index contributed by atoms with van der Waals surface area (Å²) in [6, 6.07) is 0. The molecule has 0 amide bonds. The van der Waals surface area contributed by atoms with Crippen LogP contribution in [0.15, 0.2) is 9.85 Å². The molecule has 5 heteroatoms. The van der Waals surface area contributed by atoms with Crippen molar-refractivity contribution in [3.05, 3.63) is 15.5 Å². The summed E-state index contributed by atoms with van der Waals surface area (Å²) in [5.74, 6) is -0.855. The number of aromatic nitrogens is 1. The Bertz CT molecular complexity index is 248. The highest BCUT2D eigenvalue weighted by molar-refractivity contribution is 9.10. The summed E-state index contributed by atoms with van der Waals surface area (Å²) >= 11 is 4.43. The lowest BCUT2D eigenvalue weighted by Crippen LogP contribution is -2.00. The highest BCUT2D eigenvalue weighted by Gasteiger charge is 2.06. The molecule has 0 aliphatic heterocycles. The molecule has 10 heavy (non-hydrogen) atoms. The van der Waals surface area contributed by atoms with Gasteiger partial charge in [-0.2, -0.15) is 4.37 Å². The monoisotopic (exact) mass is 221 g/mol. The van der Waals surface area contributed by atoms with Crippen LogP contribution in [0.3, 0.4) is 0 Å². The largest absolute Gasteiger partial charge is 0.481 e. The summed E-state index contributed by atoms with van der Waals surface area (Å²) < 4.78 is 4.65. The zero-order valence-corrected chi connectivity index (χ0v) is 7.28. The Morgan fingerprint density at radius 2 is 2.60 bits per heavy atom. The molecule has 1 heterocycles. The summed E-state index contributed by atoms with van der Waals surface area (Å²) in [5.41, 5.74) is 0.595. The van der Waals surface area contributed by atoms with E-state index in [-0.39, 0.29) is 6.42 Å². The second-order valence-corrected chi connectivity index (χ2v) is 3.16. The molecule has 1 aromatic rings. The fourth-order valence-electron chi connectivity index (χ4n) is 0.508. The number of aliphatic carboxylic acids is 1. The van der Waals surface area contributed by atoms with Gasteiger partial charge < -0.3 is 5.11 Å². The van der Waals surface area contributed by atoms with Crippen LogP contribution in [-0.4, -0.2) is 15.4 Å².